The van der Waals surface area contributed by atoms with Crippen LogP contribution in [-0.4, -0.2) is 21.7 Å². The Labute approximate surface area is 128 Å². The van der Waals surface area contributed by atoms with Crippen molar-refractivity contribution in [2.45, 2.75) is 45.6 Å². The molecule has 2 bridgehead atoms. The number of aromatic nitrogens is 2. The minimum absolute atomic E-state index is 0.0594. The summed E-state index contributed by atoms with van der Waals surface area (Å²) < 4.78 is 2.54. The van der Waals surface area contributed by atoms with E-state index in [0.29, 0.717) is 11.6 Å². The van der Waals surface area contributed by atoms with Crippen LogP contribution in [0.15, 0.2) is 4.47 Å². The number of amides is 1. The van der Waals surface area contributed by atoms with Crippen LogP contribution < -0.4 is 5.32 Å². The molecular weight excluding hydrogens is 318 g/mol. The Balaban J connectivity index is 1.68. The summed E-state index contributed by atoms with van der Waals surface area (Å²) in [5.74, 6) is 2.33. The van der Waals surface area contributed by atoms with Crippen LogP contribution in [0.5, 0.6) is 0 Å². The van der Waals surface area contributed by atoms with E-state index in [1.807, 2.05) is 14.0 Å². The normalized spacial score (nSPS) is 29.7. The first kappa shape index (κ1) is 14.1. The van der Waals surface area contributed by atoms with Crippen molar-refractivity contribution in [2.75, 3.05) is 0 Å². The second-order valence-electron chi connectivity index (χ2n) is 6.47. The summed E-state index contributed by atoms with van der Waals surface area (Å²) in [6.07, 6.45) is 5.40. The molecule has 0 radical (unpaired) electrons. The average Bonchev–Trinajstić information content (AvgIpc) is 3.10. The van der Waals surface area contributed by atoms with Crippen LogP contribution in [0.2, 0.25) is 0 Å². The summed E-state index contributed by atoms with van der Waals surface area (Å²) in [4.78, 5) is 12.4. The Morgan fingerprint density at radius 1 is 1.45 bits per heavy atom. The molecule has 1 aromatic rings. The number of carbonyl (C=O) groups excluding carboxylic acids is 1. The third-order valence-electron chi connectivity index (χ3n) is 5.27. The molecule has 2 fully saturated rings. The number of rotatable bonds is 3. The third kappa shape index (κ3) is 2.30. The van der Waals surface area contributed by atoms with Crippen molar-refractivity contribution >= 4 is 21.8 Å². The van der Waals surface area contributed by atoms with Crippen molar-refractivity contribution < 1.29 is 4.79 Å². The Morgan fingerprint density at radius 2 is 2.20 bits per heavy atom. The summed E-state index contributed by atoms with van der Waals surface area (Å²) in [6, 6.07) is 0.243. The first-order valence-electron chi connectivity index (χ1n) is 7.47. The first-order valence-corrected chi connectivity index (χ1v) is 8.26. The zero-order valence-electron chi connectivity index (χ0n) is 12.3. The number of hydrogen-bond acceptors (Lipinski definition) is 2. The highest BCUT2D eigenvalue weighted by Gasteiger charge is 2.42. The van der Waals surface area contributed by atoms with Crippen LogP contribution in [0.1, 0.15) is 48.8 Å². The molecule has 0 spiro atoms. The second-order valence-corrected chi connectivity index (χ2v) is 7.27. The molecule has 1 aromatic heterocycles. The van der Waals surface area contributed by atoms with Gasteiger partial charge in [0.05, 0.1) is 10.2 Å². The van der Waals surface area contributed by atoms with Gasteiger partial charge in [0.2, 0.25) is 0 Å². The van der Waals surface area contributed by atoms with E-state index in [-0.39, 0.29) is 11.9 Å². The topological polar surface area (TPSA) is 46.9 Å². The van der Waals surface area contributed by atoms with Gasteiger partial charge < -0.3 is 5.32 Å². The van der Waals surface area contributed by atoms with Gasteiger partial charge in [0.25, 0.3) is 5.91 Å². The Bertz CT molecular complexity index is 539. The molecule has 0 aliphatic heterocycles. The number of nitrogens with one attached hydrogen (secondary N) is 1. The molecule has 4 nitrogen and oxygen atoms in total. The third-order valence-corrected chi connectivity index (χ3v) is 6.22. The molecule has 1 heterocycles. The highest BCUT2D eigenvalue weighted by atomic mass is 79.9. The highest BCUT2D eigenvalue weighted by molar-refractivity contribution is 9.10. The van der Waals surface area contributed by atoms with E-state index in [4.69, 9.17) is 0 Å². The quantitative estimate of drug-likeness (QED) is 0.919. The monoisotopic (exact) mass is 339 g/mol. The van der Waals surface area contributed by atoms with Gasteiger partial charge in [-0.1, -0.05) is 6.42 Å². The fourth-order valence-electron chi connectivity index (χ4n) is 4.02. The molecular formula is C15H22BrN3O. The maximum atomic E-state index is 12.4. The largest absolute Gasteiger partial charge is 0.348 e. The molecule has 5 heteroatoms. The van der Waals surface area contributed by atoms with E-state index in [0.717, 1.165) is 22.0 Å². The van der Waals surface area contributed by atoms with Crippen molar-refractivity contribution in [2.24, 2.45) is 24.8 Å². The average molecular weight is 340 g/mol. The zero-order chi connectivity index (χ0) is 14.4. The van der Waals surface area contributed by atoms with E-state index < -0.39 is 0 Å². The van der Waals surface area contributed by atoms with Gasteiger partial charge in [0.1, 0.15) is 0 Å². The van der Waals surface area contributed by atoms with Gasteiger partial charge in [-0.05, 0) is 66.8 Å². The van der Waals surface area contributed by atoms with E-state index in [2.05, 4.69) is 33.3 Å². The predicted molar refractivity (Wildman–Crippen MR) is 81.5 cm³/mol. The van der Waals surface area contributed by atoms with Crippen molar-refractivity contribution in [1.29, 1.82) is 0 Å². The summed E-state index contributed by atoms with van der Waals surface area (Å²) in [5.41, 5.74) is 1.47. The van der Waals surface area contributed by atoms with Crippen LogP contribution >= 0.6 is 15.9 Å². The van der Waals surface area contributed by atoms with Gasteiger partial charge in [-0.25, -0.2) is 0 Å². The van der Waals surface area contributed by atoms with Gasteiger partial charge in [0, 0.05) is 13.1 Å². The molecule has 4 unspecified atom stereocenters. The molecule has 1 amide bonds. The van der Waals surface area contributed by atoms with Gasteiger partial charge in [-0.3, -0.25) is 9.48 Å². The molecule has 2 aliphatic carbocycles. The van der Waals surface area contributed by atoms with Crippen molar-refractivity contribution in [1.82, 2.24) is 15.1 Å². The molecule has 3 rings (SSSR count). The van der Waals surface area contributed by atoms with Crippen LogP contribution in [0.4, 0.5) is 0 Å². The van der Waals surface area contributed by atoms with E-state index in [9.17, 15) is 4.79 Å². The number of hydrogen-bond donors (Lipinski definition) is 1. The maximum Gasteiger partial charge on any atom is 0.273 e. The summed E-state index contributed by atoms with van der Waals surface area (Å²) in [6.45, 7) is 4.10. The number of aryl methyl sites for hydroxylation is 1. The molecule has 4 atom stereocenters. The summed E-state index contributed by atoms with van der Waals surface area (Å²) in [5, 5.41) is 7.45. The number of carbonyl (C=O) groups is 1. The van der Waals surface area contributed by atoms with Crippen molar-refractivity contribution in [3.05, 3.63) is 15.9 Å². The highest BCUT2D eigenvalue weighted by Crippen LogP contribution is 2.49. The molecule has 20 heavy (non-hydrogen) atoms. The molecule has 2 saturated carbocycles. The SMILES string of the molecule is Cc1c(Br)c(C(=O)NC(C)C2CC3CCC2C3)nn1C. The molecule has 2 aliphatic rings. The van der Waals surface area contributed by atoms with E-state index >= 15 is 0 Å². The van der Waals surface area contributed by atoms with Crippen molar-refractivity contribution in [3.8, 4) is 0 Å². The maximum absolute atomic E-state index is 12.4. The minimum Gasteiger partial charge on any atom is -0.348 e. The molecule has 110 valence electrons. The molecule has 0 aromatic carbocycles. The minimum atomic E-state index is -0.0594. The summed E-state index contributed by atoms with van der Waals surface area (Å²) >= 11 is 3.46. The van der Waals surface area contributed by atoms with Crippen molar-refractivity contribution in [3.63, 3.8) is 0 Å². The van der Waals surface area contributed by atoms with Gasteiger partial charge in [-0.2, -0.15) is 5.10 Å². The lowest BCUT2D eigenvalue weighted by molar-refractivity contribution is 0.0908. The van der Waals surface area contributed by atoms with Crippen LogP contribution in [-0.2, 0) is 7.05 Å². The van der Waals surface area contributed by atoms with Gasteiger partial charge in [-0.15, -0.1) is 0 Å². The molecule has 0 saturated heterocycles. The summed E-state index contributed by atoms with van der Waals surface area (Å²) in [7, 11) is 1.86. The Morgan fingerprint density at radius 3 is 2.70 bits per heavy atom. The van der Waals surface area contributed by atoms with Gasteiger partial charge >= 0.3 is 0 Å². The number of nitrogens with zero attached hydrogens (tertiary/aromatic N) is 2. The van der Waals surface area contributed by atoms with Crippen LogP contribution in [0, 0.1) is 24.7 Å². The van der Waals surface area contributed by atoms with E-state index in [1.54, 1.807) is 4.68 Å². The predicted octanol–water partition coefficient (Wildman–Crippen LogP) is 3.05. The number of fused-ring (bicyclic) bond motifs is 2. The lowest BCUT2D eigenvalue weighted by Gasteiger charge is -2.28. The first-order chi connectivity index (χ1) is 9.47. The Hall–Kier alpha value is -0.840. The van der Waals surface area contributed by atoms with Crippen LogP contribution in [0.3, 0.4) is 0 Å². The lowest BCUT2D eigenvalue weighted by Crippen LogP contribution is -2.40. The van der Waals surface area contributed by atoms with E-state index in [1.165, 1.54) is 25.7 Å². The standard InChI is InChI=1S/C15H22BrN3O/c1-8(12-7-10-4-5-11(12)6-10)17-15(20)14-13(16)9(2)19(3)18-14/h8,10-12H,4-7H2,1-3H3,(H,17,20). The zero-order valence-corrected chi connectivity index (χ0v) is 13.9. The fourth-order valence-corrected chi connectivity index (χ4v) is 4.53. The lowest BCUT2D eigenvalue weighted by atomic mass is 9.84. The number of halogens is 1. The Kier molecular flexibility index (Phi) is 3.65. The fraction of sp³-hybridized carbons (Fsp3) is 0.733. The smallest absolute Gasteiger partial charge is 0.273 e. The van der Waals surface area contributed by atoms with Gasteiger partial charge in [0.15, 0.2) is 5.69 Å². The van der Waals surface area contributed by atoms with Crippen LogP contribution in [0.25, 0.3) is 0 Å². The second kappa shape index (κ2) is 5.17. The molecule has 1 N–H and O–H groups in total.